The monoisotopic (exact) mass is 606 g/mol. The third-order valence-electron chi connectivity index (χ3n) is 5.06. The maximum Gasteiger partial charge on any atom is 2.00 e. The van der Waals surface area contributed by atoms with Crippen molar-refractivity contribution < 1.29 is 36.2 Å². The Morgan fingerprint density at radius 2 is 0.775 bits per heavy atom. The van der Waals surface area contributed by atoms with E-state index in [-0.39, 0.29) is 77.8 Å². The average molecular weight is 607 g/mol. The van der Waals surface area contributed by atoms with Crippen molar-refractivity contribution in [3.05, 3.63) is 0 Å². The van der Waals surface area contributed by atoms with E-state index < -0.39 is 0 Å². The summed E-state index contributed by atoms with van der Waals surface area (Å²) >= 11 is 0. The van der Waals surface area contributed by atoms with Crippen LogP contribution in [0.3, 0.4) is 0 Å². The molecular weight excluding hydrogens is 544 g/mol. The third-order valence-corrected chi connectivity index (χ3v) is 5.06. The van der Waals surface area contributed by atoms with Crippen molar-refractivity contribution in [1.29, 1.82) is 0 Å². The van der Waals surface area contributed by atoms with Gasteiger partial charge >= 0.3 is 37.7 Å². The first-order valence-corrected chi connectivity index (χ1v) is 13.9. The zero-order valence-electron chi connectivity index (χ0n) is 26.9. The van der Waals surface area contributed by atoms with Crippen molar-refractivity contribution >= 4 is 61.3 Å². The SMILES string of the molecule is CCCCCC(=O)NC.CCCCCC(=O)NC.CCCCCC([O-])=NC.CCCCCC([O-])=NC.O.[Ca+2].[OH-].[OH-]. The number of amides is 2. The first-order chi connectivity index (χ1) is 17.2. The fourth-order valence-electron chi connectivity index (χ4n) is 2.60. The van der Waals surface area contributed by atoms with Crippen LogP contribution in [0.5, 0.6) is 0 Å². The molecule has 11 nitrogen and oxygen atoms in total. The van der Waals surface area contributed by atoms with Gasteiger partial charge in [-0.3, -0.25) is 9.59 Å². The Bertz CT molecular complexity index is 493. The van der Waals surface area contributed by atoms with Crippen LogP contribution in [0, 0.1) is 0 Å². The summed E-state index contributed by atoms with van der Waals surface area (Å²) in [6, 6.07) is 0. The number of carbonyl (C=O) groups is 2. The van der Waals surface area contributed by atoms with Crippen molar-refractivity contribution in [2.24, 2.45) is 9.98 Å². The Labute approximate surface area is 275 Å². The fourth-order valence-corrected chi connectivity index (χ4v) is 2.60. The molecule has 0 aromatic rings. The molecule has 0 saturated carbocycles. The van der Waals surface area contributed by atoms with Gasteiger partial charge in [0.2, 0.25) is 11.8 Å². The zero-order chi connectivity index (χ0) is 28.5. The normalized spacial score (nSPS) is 9.50. The van der Waals surface area contributed by atoms with Gasteiger partial charge in [-0.1, -0.05) is 79.1 Å². The third kappa shape index (κ3) is 65.8. The topological polar surface area (TPSA) is 221 Å². The van der Waals surface area contributed by atoms with E-state index in [2.05, 4.69) is 48.3 Å². The number of hydrogen-bond donors (Lipinski definition) is 2. The van der Waals surface area contributed by atoms with Crippen LogP contribution in [-0.4, -0.2) is 106 Å². The smallest absolute Gasteiger partial charge is 0.870 e. The van der Waals surface area contributed by atoms with Gasteiger partial charge < -0.3 is 47.3 Å². The van der Waals surface area contributed by atoms with Crippen LogP contribution in [0.4, 0.5) is 0 Å². The van der Waals surface area contributed by atoms with E-state index in [1.807, 2.05) is 0 Å². The number of unbranched alkanes of at least 4 members (excludes halogenated alkanes) is 8. The minimum absolute atomic E-state index is 0. The van der Waals surface area contributed by atoms with Gasteiger partial charge in [0, 0.05) is 41.0 Å². The summed E-state index contributed by atoms with van der Waals surface area (Å²) in [5.41, 5.74) is 0. The molecule has 0 spiro atoms. The molecule has 0 aromatic carbocycles. The molecular formula is C28H62CaN4O7-2. The molecule has 40 heavy (non-hydrogen) atoms. The Morgan fingerprint density at radius 1 is 0.550 bits per heavy atom. The van der Waals surface area contributed by atoms with E-state index in [0.717, 1.165) is 64.2 Å². The molecule has 2 amide bonds. The molecule has 0 unspecified atom stereocenters. The summed E-state index contributed by atoms with van der Waals surface area (Å²) in [4.78, 5) is 28.2. The number of hydrogen-bond acceptors (Lipinski definition) is 8. The Morgan fingerprint density at radius 3 is 0.950 bits per heavy atom. The van der Waals surface area contributed by atoms with Crippen molar-refractivity contribution in [1.82, 2.24) is 10.6 Å². The summed E-state index contributed by atoms with van der Waals surface area (Å²) < 4.78 is 0. The van der Waals surface area contributed by atoms with Crippen LogP contribution in [0.15, 0.2) is 9.98 Å². The van der Waals surface area contributed by atoms with E-state index in [1.165, 1.54) is 12.8 Å². The minimum Gasteiger partial charge on any atom is -0.870 e. The first kappa shape index (κ1) is 58.6. The van der Waals surface area contributed by atoms with Crippen molar-refractivity contribution in [2.75, 3.05) is 28.2 Å². The largest absolute Gasteiger partial charge is 2.00 e. The van der Waals surface area contributed by atoms with Gasteiger partial charge in [0.05, 0.1) is 0 Å². The molecule has 0 radical (unpaired) electrons. The Balaban J connectivity index is -0.0000000551. The summed E-state index contributed by atoms with van der Waals surface area (Å²) in [6.45, 7) is 8.49. The van der Waals surface area contributed by atoms with E-state index in [0.29, 0.717) is 25.7 Å². The molecule has 0 aromatic heterocycles. The second kappa shape index (κ2) is 54.2. The number of nitrogens with one attached hydrogen (secondary N) is 2. The Hall–Kier alpha value is -0.980. The van der Waals surface area contributed by atoms with E-state index in [4.69, 9.17) is 0 Å². The minimum atomic E-state index is 0. The van der Waals surface area contributed by atoms with Crippen LogP contribution in [-0.2, 0) is 9.59 Å². The molecule has 12 heteroatoms. The van der Waals surface area contributed by atoms with Gasteiger partial charge in [-0.2, -0.15) is 0 Å². The number of rotatable bonds is 16. The molecule has 0 bridgehead atoms. The fraction of sp³-hybridized carbons (Fsp3) is 0.857. The van der Waals surface area contributed by atoms with Crippen LogP contribution in [0.2, 0.25) is 0 Å². The van der Waals surface area contributed by atoms with Crippen LogP contribution < -0.4 is 20.8 Å². The van der Waals surface area contributed by atoms with Gasteiger partial charge in [0.15, 0.2) is 0 Å². The molecule has 0 aliphatic rings. The maximum absolute atomic E-state index is 10.6. The van der Waals surface area contributed by atoms with Gasteiger partial charge in [-0.05, 0) is 50.3 Å². The van der Waals surface area contributed by atoms with Crippen LogP contribution in [0.1, 0.15) is 130 Å². The summed E-state index contributed by atoms with van der Waals surface area (Å²) in [5.74, 6) is 0.374. The van der Waals surface area contributed by atoms with E-state index >= 15 is 0 Å². The predicted octanol–water partition coefficient (Wildman–Crippen LogP) is 2.98. The van der Waals surface area contributed by atoms with E-state index in [9.17, 15) is 19.8 Å². The summed E-state index contributed by atoms with van der Waals surface area (Å²) in [7, 11) is 6.45. The molecule has 240 valence electrons. The molecule has 0 saturated heterocycles. The first-order valence-electron chi connectivity index (χ1n) is 13.9. The predicted molar refractivity (Wildman–Crippen MR) is 165 cm³/mol. The number of aliphatic imine (C=N–C) groups is 2. The second-order valence-corrected chi connectivity index (χ2v) is 8.41. The molecule has 6 N–H and O–H groups in total. The molecule has 0 rings (SSSR count). The van der Waals surface area contributed by atoms with Crippen molar-refractivity contribution in [2.45, 2.75) is 130 Å². The molecule has 0 aliphatic heterocycles. The number of carbonyl (C=O) groups excluding carboxylic acids is 2. The molecule has 0 aliphatic carbocycles. The standard InChI is InChI=1S/4C7H15NO.Ca.3H2O/c4*1-3-4-5-6-7(9)8-2;;;;/h4*3-6H2,1-2H3,(H,8,9);;3*1H2/q;;;;+2;;;/p-4. The number of nitrogens with zero attached hydrogens (tertiary/aromatic N) is 2. The molecule has 0 atom stereocenters. The van der Waals surface area contributed by atoms with Gasteiger partial charge in [-0.25, -0.2) is 0 Å². The van der Waals surface area contributed by atoms with E-state index in [1.54, 1.807) is 28.2 Å². The Kier molecular flexibility index (Phi) is 79.4. The van der Waals surface area contributed by atoms with Crippen LogP contribution >= 0.6 is 0 Å². The zero-order valence-corrected chi connectivity index (χ0v) is 29.2. The molecule has 0 fully saturated rings. The van der Waals surface area contributed by atoms with Crippen molar-refractivity contribution in [3.8, 4) is 0 Å². The summed E-state index contributed by atoms with van der Waals surface area (Å²) in [6.07, 6.45) is 15.9. The molecule has 0 heterocycles. The second-order valence-electron chi connectivity index (χ2n) is 8.41. The van der Waals surface area contributed by atoms with Gasteiger partial charge in [0.25, 0.3) is 0 Å². The average Bonchev–Trinajstić information content (AvgIpc) is 2.89. The maximum atomic E-state index is 10.6. The quantitative estimate of drug-likeness (QED) is 0.116. The van der Waals surface area contributed by atoms with Crippen molar-refractivity contribution in [3.63, 3.8) is 0 Å². The summed E-state index contributed by atoms with van der Waals surface area (Å²) in [5, 5.41) is 26.2. The van der Waals surface area contributed by atoms with Crippen LogP contribution in [0.25, 0.3) is 0 Å². The van der Waals surface area contributed by atoms with Gasteiger partial charge in [0.1, 0.15) is 0 Å². The van der Waals surface area contributed by atoms with Gasteiger partial charge in [-0.15, -0.1) is 0 Å².